The third-order valence-electron chi connectivity index (χ3n) is 1.49. The molecule has 4 nitrogen and oxygen atoms in total. The lowest BCUT2D eigenvalue weighted by Gasteiger charge is -1.97. The predicted molar refractivity (Wildman–Crippen MR) is 51.7 cm³/mol. The van der Waals surface area contributed by atoms with Crippen LogP contribution in [-0.4, -0.2) is 6.54 Å². The molecule has 0 fully saturated rings. The van der Waals surface area contributed by atoms with E-state index in [-0.39, 0.29) is 12.2 Å². The van der Waals surface area contributed by atoms with Gasteiger partial charge in [-0.25, -0.2) is 4.39 Å². The fraction of sp³-hybridized carbons (Fsp3) is 0.111. The molecule has 2 N–H and O–H groups in total. The molecule has 0 spiro atoms. The first-order valence-corrected chi connectivity index (χ1v) is 3.79. The van der Waals surface area contributed by atoms with Crippen molar-refractivity contribution in [1.82, 2.24) is 0 Å². The largest absolute Gasteiger partial charge is 0.395 e. The Labute approximate surface area is 80.2 Å². The van der Waals surface area contributed by atoms with Crippen LogP contribution in [0, 0.1) is 17.7 Å². The van der Waals surface area contributed by atoms with Gasteiger partial charge in [0.1, 0.15) is 5.82 Å². The molecule has 0 aliphatic carbocycles. The first kappa shape index (κ1) is 9.90. The van der Waals surface area contributed by atoms with Crippen molar-refractivity contribution in [3.8, 4) is 11.8 Å². The minimum atomic E-state index is -0.499. The van der Waals surface area contributed by atoms with Gasteiger partial charge < -0.3 is 5.73 Å². The molecule has 1 aromatic rings. The standard InChI is InChI=1S/C9H7FN4/c10-8-5-1-3-7(9(8)11)4-2-6-13-14-12/h1,3,5H,6,11H2. The molecule has 1 aromatic carbocycles. The molecular weight excluding hydrogens is 183 g/mol. The molecule has 0 saturated carbocycles. The second-order valence-corrected chi connectivity index (χ2v) is 2.39. The average Bonchev–Trinajstić information content (AvgIpc) is 2.19. The smallest absolute Gasteiger partial charge is 0.147 e. The Balaban J connectivity index is 2.89. The number of hydrogen-bond donors (Lipinski definition) is 1. The van der Waals surface area contributed by atoms with E-state index in [1.54, 1.807) is 6.07 Å². The Kier molecular flexibility index (Phi) is 3.36. The van der Waals surface area contributed by atoms with E-state index in [9.17, 15) is 4.39 Å². The molecule has 0 aliphatic heterocycles. The quantitative estimate of drug-likeness (QED) is 0.238. The Morgan fingerprint density at radius 3 is 3.07 bits per heavy atom. The monoisotopic (exact) mass is 190 g/mol. The summed E-state index contributed by atoms with van der Waals surface area (Å²) in [6.07, 6.45) is 0. The van der Waals surface area contributed by atoms with Gasteiger partial charge in [0, 0.05) is 4.91 Å². The van der Waals surface area contributed by atoms with E-state index < -0.39 is 5.82 Å². The van der Waals surface area contributed by atoms with Crippen LogP contribution in [0.3, 0.4) is 0 Å². The van der Waals surface area contributed by atoms with Gasteiger partial charge in [-0.1, -0.05) is 23.0 Å². The minimum Gasteiger partial charge on any atom is -0.395 e. The molecule has 0 aromatic heterocycles. The molecule has 14 heavy (non-hydrogen) atoms. The van der Waals surface area contributed by atoms with Crippen LogP contribution in [0.4, 0.5) is 10.1 Å². The van der Waals surface area contributed by atoms with Gasteiger partial charge in [-0.15, -0.1) is 0 Å². The first-order valence-electron chi connectivity index (χ1n) is 3.79. The maximum absolute atomic E-state index is 12.9. The Hall–Kier alpha value is -2.18. The molecule has 5 heteroatoms. The Bertz CT molecular complexity index is 438. The zero-order valence-corrected chi connectivity index (χ0v) is 7.24. The van der Waals surface area contributed by atoms with Crippen LogP contribution < -0.4 is 5.73 Å². The highest BCUT2D eigenvalue weighted by Crippen LogP contribution is 2.13. The van der Waals surface area contributed by atoms with Gasteiger partial charge in [0.15, 0.2) is 0 Å². The fourth-order valence-corrected chi connectivity index (χ4v) is 0.848. The zero-order valence-electron chi connectivity index (χ0n) is 7.24. The van der Waals surface area contributed by atoms with E-state index in [2.05, 4.69) is 21.9 Å². The zero-order chi connectivity index (χ0) is 10.4. The highest BCUT2D eigenvalue weighted by Gasteiger charge is 1.99. The van der Waals surface area contributed by atoms with Crippen LogP contribution >= 0.6 is 0 Å². The van der Waals surface area contributed by atoms with E-state index in [0.29, 0.717) is 5.56 Å². The van der Waals surface area contributed by atoms with E-state index in [0.717, 1.165) is 0 Å². The summed E-state index contributed by atoms with van der Waals surface area (Å²) in [5.74, 6) is 4.66. The van der Waals surface area contributed by atoms with Crippen molar-refractivity contribution in [1.29, 1.82) is 0 Å². The normalized spacial score (nSPS) is 8.36. The van der Waals surface area contributed by atoms with Gasteiger partial charge in [-0.3, -0.25) is 0 Å². The van der Waals surface area contributed by atoms with Crippen LogP contribution in [0.2, 0.25) is 0 Å². The summed E-state index contributed by atoms with van der Waals surface area (Å²) in [6.45, 7) is 0.0481. The number of nitrogens with zero attached hydrogens (tertiary/aromatic N) is 3. The maximum atomic E-state index is 12.9. The molecular formula is C9H7FN4. The van der Waals surface area contributed by atoms with Gasteiger partial charge in [0.2, 0.25) is 0 Å². The third kappa shape index (κ3) is 2.41. The summed E-state index contributed by atoms with van der Waals surface area (Å²) >= 11 is 0. The molecule has 0 heterocycles. The molecule has 0 saturated heterocycles. The van der Waals surface area contributed by atoms with E-state index >= 15 is 0 Å². The van der Waals surface area contributed by atoms with Crippen molar-refractivity contribution in [3.05, 3.63) is 40.0 Å². The van der Waals surface area contributed by atoms with Crippen LogP contribution in [0.5, 0.6) is 0 Å². The number of nitrogen functional groups attached to an aromatic ring is 1. The fourth-order valence-electron chi connectivity index (χ4n) is 0.848. The van der Waals surface area contributed by atoms with Crippen molar-refractivity contribution in [2.45, 2.75) is 0 Å². The van der Waals surface area contributed by atoms with Crippen molar-refractivity contribution in [2.75, 3.05) is 12.3 Å². The number of rotatable bonds is 1. The molecule has 0 aliphatic rings. The summed E-state index contributed by atoms with van der Waals surface area (Å²) in [5, 5.41) is 3.21. The van der Waals surface area contributed by atoms with Gasteiger partial charge in [-0.2, -0.15) is 0 Å². The number of halogens is 1. The number of hydrogen-bond acceptors (Lipinski definition) is 2. The van der Waals surface area contributed by atoms with E-state index in [4.69, 9.17) is 11.3 Å². The summed E-state index contributed by atoms with van der Waals surface area (Å²) < 4.78 is 12.9. The van der Waals surface area contributed by atoms with E-state index in [1.165, 1.54) is 12.1 Å². The van der Waals surface area contributed by atoms with Crippen molar-refractivity contribution in [3.63, 3.8) is 0 Å². The van der Waals surface area contributed by atoms with Gasteiger partial charge in [0.05, 0.1) is 17.8 Å². The number of nitrogens with two attached hydrogens (primary N) is 1. The van der Waals surface area contributed by atoms with Gasteiger partial charge in [0.25, 0.3) is 0 Å². The molecule has 0 atom stereocenters. The predicted octanol–water partition coefficient (Wildman–Crippen LogP) is 2.07. The molecule has 0 unspecified atom stereocenters. The number of benzene rings is 1. The first-order chi connectivity index (χ1) is 6.75. The number of para-hydroxylation sites is 1. The van der Waals surface area contributed by atoms with Crippen molar-refractivity contribution >= 4 is 5.69 Å². The molecule has 70 valence electrons. The Morgan fingerprint density at radius 2 is 2.36 bits per heavy atom. The summed E-state index contributed by atoms with van der Waals surface area (Å²) in [4.78, 5) is 2.52. The maximum Gasteiger partial charge on any atom is 0.147 e. The molecule has 0 bridgehead atoms. The molecule has 0 radical (unpaired) electrons. The van der Waals surface area contributed by atoms with E-state index in [1.807, 2.05) is 0 Å². The Morgan fingerprint density at radius 1 is 1.57 bits per heavy atom. The SMILES string of the molecule is [N-]=[N+]=NCC#Cc1cccc(F)c1N. The molecule has 0 amide bonds. The van der Waals surface area contributed by atoms with Crippen LogP contribution in [0.1, 0.15) is 5.56 Å². The number of anilines is 1. The van der Waals surface area contributed by atoms with Crippen LogP contribution in [0.15, 0.2) is 23.3 Å². The minimum absolute atomic E-state index is 0.0148. The second-order valence-electron chi connectivity index (χ2n) is 2.39. The number of azide groups is 1. The summed E-state index contributed by atoms with van der Waals surface area (Å²) in [5.41, 5.74) is 13.8. The highest BCUT2D eigenvalue weighted by atomic mass is 19.1. The summed E-state index contributed by atoms with van der Waals surface area (Å²) in [6, 6.07) is 4.37. The lowest BCUT2D eigenvalue weighted by atomic mass is 10.2. The van der Waals surface area contributed by atoms with Crippen molar-refractivity contribution < 1.29 is 4.39 Å². The third-order valence-corrected chi connectivity index (χ3v) is 1.49. The highest BCUT2D eigenvalue weighted by molar-refractivity contribution is 5.56. The lowest BCUT2D eigenvalue weighted by Crippen LogP contribution is -1.93. The van der Waals surface area contributed by atoms with Gasteiger partial charge in [-0.05, 0) is 17.7 Å². The molecule has 1 rings (SSSR count). The lowest BCUT2D eigenvalue weighted by molar-refractivity contribution is 0.632. The summed E-state index contributed by atoms with van der Waals surface area (Å²) in [7, 11) is 0. The van der Waals surface area contributed by atoms with Crippen molar-refractivity contribution in [2.24, 2.45) is 5.11 Å². The van der Waals surface area contributed by atoms with Crippen LogP contribution in [-0.2, 0) is 0 Å². The average molecular weight is 190 g/mol. The second kappa shape index (κ2) is 4.75. The van der Waals surface area contributed by atoms with Gasteiger partial charge >= 0.3 is 0 Å². The topological polar surface area (TPSA) is 74.8 Å². The van der Waals surface area contributed by atoms with Crippen LogP contribution in [0.25, 0.3) is 10.4 Å².